The molecule has 0 fully saturated rings. The monoisotopic (exact) mass is 401 g/mol. The average molecular weight is 402 g/mol. The number of allylic oxidation sites excluding steroid dienone is 1. The van der Waals surface area contributed by atoms with Gasteiger partial charge in [-0.1, -0.05) is 11.6 Å². The number of aryl methyl sites for hydroxylation is 2. The van der Waals surface area contributed by atoms with Crippen LogP contribution in [0.1, 0.15) is 21.8 Å². The van der Waals surface area contributed by atoms with Crippen molar-refractivity contribution < 1.29 is 9.47 Å². The molecule has 0 bridgehead atoms. The van der Waals surface area contributed by atoms with Gasteiger partial charge in [0.1, 0.15) is 10.9 Å². The third-order valence-corrected chi connectivity index (χ3v) is 5.56. The van der Waals surface area contributed by atoms with Gasteiger partial charge in [0, 0.05) is 4.88 Å². The Kier molecular flexibility index (Phi) is 5.22. The molecule has 0 unspecified atom stereocenters. The van der Waals surface area contributed by atoms with E-state index in [1.165, 1.54) is 25.6 Å². The van der Waals surface area contributed by atoms with Gasteiger partial charge in [-0.25, -0.2) is 4.98 Å². The summed E-state index contributed by atoms with van der Waals surface area (Å²) in [5.74, 6) is 1.06. The topological polar surface area (TPSA) is 88.0 Å². The van der Waals surface area contributed by atoms with E-state index in [-0.39, 0.29) is 17.0 Å². The third kappa shape index (κ3) is 3.42. The second-order valence-corrected chi connectivity index (χ2v) is 7.40. The van der Waals surface area contributed by atoms with Crippen molar-refractivity contribution in [2.45, 2.75) is 13.8 Å². The minimum absolute atomic E-state index is 0.209. The number of nitrogens with zero attached hydrogens (tertiary/aromatic N) is 2. The van der Waals surface area contributed by atoms with Gasteiger partial charge in [-0.3, -0.25) is 4.79 Å². The average Bonchev–Trinajstić information content (AvgIpc) is 2.93. The molecule has 0 amide bonds. The Morgan fingerprint density at radius 2 is 2.07 bits per heavy atom. The van der Waals surface area contributed by atoms with Gasteiger partial charge in [0.2, 0.25) is 0 Å². The molecule has 8 heteroatoms. The van der Waals surface area contributed by atoms with Crippen molar-refractivity contribution in [3.05, 3.63) is 49.3 Å². The van der Waals surface area contributed by atoms with Crippen LogP contribution < -0.4 is 15.0 Å². The van der Waals surface area contributed by atoms with Gasteiger partial charge < -0.3 is 14.5 Å². The SMILES string of the molecule is COc1cc(/C=C(\C#N)c2nc3sc(C)c(C)c3c(=O)[nH]2)cc(Cl)c1OC. The first-order valence-electron chi connectivity index (χ1n) is 7.93. The molecule has 0 aliphatic rings. The number of nitrogens with one attached hydrogen (secondary N) is 1. The van der Waals surface area contributed by atoms with Crippen molar-refractivity contribution in [1.29, 1.82) is 5.26 Å². The molecular formula is C19H16ClN3O3S. The summed E-state index contributed by atoms with van der Waals surface area (Å²) >= 11 is 7.65. The van der Waals surface area contributed by atoms with Crippen molar-refractivity contribution in [2.75, 3.05) is 14.2 Å². The first-order chi connectivity index (χ1) is 12.9. The molecule has 0 saturated carbocycles. The van der Waals surface area contributed by atoms with Crippen LogP contribution >= 0.6 is 22.9 Å². The summed E-state index contributed by atoms with van der Waals surface area (Å²) < 4.78 is 10.5. The minimum atomic E-state index is -0.261. The number of benzene rings is 1. The lowest BCUT2D eigenvalue weighted by Gasteiger charge is -2.10. The first kappa shape index (κ1) is 19.0. The number of rotatable bonds is 4. The van der Waals surface area contributed by atoms with Crippen molar-refractivity contribution in [1.82, 2.24) is 9.97 Å². The molecule has 3 rings (SSSR count). The van der Waals surface area contributed by atoms with Crippen molar-refractivity contribution >= 4 is 44.8 Å². The lowest BCUT2D eigenvalue weighted by Crippen LogP contribution is -2.10. The second-order valence-electron chi connectivity index (χ2n) is 5.79. The van der Waals surface area contributed by atoms with Gasteiger partial charge in [0.05, 0.1) is 30.2 Å². The molecule has 0 atom stereocenters. The van der Waals surface area contributed by atoms with Crippen molar-refractivity contribution in [3.8, 4) is 17.6 Å². The summed E-state index contributed by atoms with van der Waals surface area (Å²) in [6.07, 6.45) is 1.59. The van der Waals surface area contributed by atoms with Gasteiger partial charge in [0.25, 0.3) is 5.56 Å². The molecule has 2 aromatic heterocycles. The fraction of sp³-hybridized carbons (Fsp3) is 0.211. The van der Waals surface area contributed by atoms with E-state index in [0.717, 1.165) is 10.4 Å². The molecule has 1 N–H and O–H groups in total. The largest absolute Gasteiger partial charge is 0.493 e. The molecule has 3 aromatic rings. The number of aromatic amines is 1. The molecule has 138 valence electrons. The number of aromatic nitrogens is 2. The molecule has 2 heterocycles. The molecule has 0 aliphatic carbocycles. The lowest BCUT2D eigenvalue weighted by molar-refractivity contribution is 0.355. The van der Waals surface area contributed by atoms with Gasteiger partial charge in [-0.2, -0.15) is 5.26 Å². The van der Waals surface area contributed by atoms with Crippen LogP contribution in [0, 0.1) is 25.2 Å². The van der Waals surface area contributed by atoms with Crippen LogP contribution in [0.25, 0.3) is 21.9 Å². The second kappa shape index (κ2) is 7.43. The Balaban J connectivity index is 2.16. The number of halogens is 1. The summed E-state index contributed by atoms with van der Waals surface area (Å²) in [6, 6.07) is 5.43. The molecule has 0 saturated heterocycles. The number of hydrogen-bond donors (Lipinski definition) is 1. The summed E-state index contributed by atoms with van der Waals surface area (Å²) in [5.41, 5.74) is 1.48. The number of nitriles is 1. The maximum absolute atomic E-state index is 12.5. The van der Waals surface area contributed by atoms with E-state index in [1.807, 2.05) is 13.8 Å². The highest BCUT2D eigenvalue weighted by Crippen LogP contribution is 2.37. The molecule has 0 radical (unpaired) electrons. The zero-order chi connectivity index (χ0) is 19.7. The lowest BCUT2D eigenvalue weighted by atomic mass is 10.1. The quantitative estimate of drug-likeness (QED) is 0.657. The predicted octanol–water partition coefficient (Wildman–Crippen LogP) is 4.34. The minimum Gasteiger partial charge on any atom is -0.493 e. The van der Waals surface area contributed by atoms with Crippen LogP contribution in [0.3, 0.4) is 0 Å². The van der Waals surface area contributed by atoms with E-state index >= 15 is 0 Å². The zero-order valence-electron chi connectivity index (χ0n) is 15.1. The summed E-state index contributed by atoms with van der Waals surface area (Å²) in [7, 11) is 3.00. The van der Waals surface area contributed by atoms with Crippen LogP contribution in [0.5, 0.6) is 11.5 Å². The highest BCUT2D eigenvalue weighted by Gasteiger charge is 2.15. The number of ether oxygens (including phenoxy) is 2. The third-order valence-electron chi connectivity index (χ3n) is 4.18. The smallest absolute Gasteiger partial charge is 0.260 e. The fourth-order valence-corrected chi connectivity index (χ4v) is 4.05. The van der Waals surface area contributed by atoms with Crippen molar-refractivity contribution in [3.63, 3.8) is 0 Å². The Hall–Kier alpha value is -2.82. The van der Waals surface area contributed by atoms with Gasteiger partial charge in [-0.05, 0) is 43.2 Å². The Labute approximate surface area is 164 Å². The summed E-state index contributed by atoms with van der Waals surface area (Å²) in [5, 5.41) is 10.5. The van der Waals surface area contributed by atoms with Gasteiger partial charge in [0.15, 0.2) is 17.3 Å². The van der Waals surface area contributed by atoms with Crippen LogP contribution in [0.4, 0.5) is 0 Å². The van der Waals surface area contributed by atoms with E-state index in [2.05, 4.69) is 16.0 Å². The zero-order valence-corrected chi connectivity index (χ0v) is 16.7. The van der Waals surface area contributed by atoms with E-state index < -0.39 is 0 Å². The van der Waals surface area contributed by atoms with E-state index in [9.17, 15) is 10.1 Å². The normalized spacial score (nSPS) is 11.5. The molecule has 0 spiro atoms. The fourth-order valence-electron chi connectivity index (χ4n) is 2.72. The molecule has 0 aliphatic heterocycles. The number of H-pyrrole nitrogens is 1. The summed E-state index contributed by atoms with van der Waals surface area (Å²) in [4.78, 5) is 21.3. The van der Waals surface area contributed by atoms with Crippen LogP contribution in [0.15, 0.2) is 16.9 Å². The molecule has 1 aromatic carbocycles. The number of fused-ring (bicyclic) bond motifs is 1. The maximum Gasteiger partial charge on any atom is 0.260 e. The Morgan fingerprint density at radius 3 is 2.70 bits per heavy atom. The van der Waals surface area contributed by atoms with Gasteiger partial charge >= 0.3 is 0 Å². The van der Waals surface area contributed by atoms with Crippen LogP contribution in [-0.4, -0.2) is 24.2 Å². The number of methoxy groups -OCH3 is 2. The van der Waals surface area contributed by atoms with E-state index in [4.69, 9.17) is 21.1 Å². The standard InChI is InChI=1S/C19H16ClN3O3S/c1-9-10(2)27-19-15(9)18(24)22-17(23-19)12(8-21)5-11-6-13(20)16(26-4)14(7-11)25-3/h5-7H,1-4H3,(H,22,23,24)/b12-5+. The van der Waals surface area contributed by atoms with E-state index in [1.54, 1.807) is 18.2 Å². The van der Waals surface area contributed by atoms with Crippen molar-refractivity contribution in [2.24, 2.45) is 0 Å². The highest BCUT2D eigenvalue weighted by atomic mass is 35.5. The number of thiophene rings is 1. The first-order valence-corrected chi connectivity index (χ1v) is 9.12. The Morgan fingerprint density at radius 1 is 1.33 bits per heavy atom. The Bertz CT molecular complexity index is 1170. The van der Waals surface area contributed by atoms with Gasteiger partial charge in [-0.15, -0.1) is 11.3 Å². The number of hydrogen-bond acceptors (Lipinski definition) is 6. The predicted molar refractivity (Wildman–Crippen MR) is 108 cm³/mol. The molecule has 6 nitrogen and oxygen atoms in total. The molecular weight excluding hydrogens is 386 g/mol. The highest BCUT2D eigenvalue weighted by molar-refractivity contribution is 7.18. The van der Waals surface area contributed by atoms with Crippen LogP contribution in [-0.2, 0) is 0 Å². The van der Waals surface area contributed by atoms with Crippen LogP contribution in [0.2, 0.25) is 5.02 Å². The molecule has 27 heavy (non-hydrogen) atoms. The maximum atomic E-state index is 12.5. The summed E-state index contributed by atoms with van der Waals surface area (Å²) in [6.45, 7) is 3.82. The van der Waals surface area contributed by atoms with E-state index in [0.29, 0.717) is 32.3 Å².